The molecule has 140 valence electrons. The highest BCUT2D eigenvalue weighted by molar-refractivity contribution is 6.21. The second kappa shape index (κ2) is 7.50. The molecule has 1 saturated heterocycles. The van der Waals surface area contributed by atoms with Crippen molar-refractivity contribution in [1.82, 2.24) is 4.90 Å². The van der Waals surface area contributed by atoms with E-state index in [1.807, 2.05) is 0 Å². The lowest BCUT2D eigenvalue weighted by Gasteiger charge is -2.15. The molecule has 0 spiro atoms. The van der Waals surface area contributed by atoms with Crippen LogP contribution in [0.1, 0.15) is 51.8 Å². The van der Waals surface area contributed by atoms with Gasteiger partial charge in [0.25, 0.3) is 11.8 Å². The van der Waals surface area contributed by atoms with Crippen molar-refractivity contribution in [3.8, 4) is 5.75 Å². The SMILES string of the molecule is O=C1c2ccccc2C(=O)N1CCCC[C@@H]1CO[C@H](c2ccc(O)cc2)O1. The minimum atomic E-state index is -0.410. The molecule has 2 aliphatic heterocycles. The molecule has 2 amide bonds. The second-order valence-corrected chi connectivity index (χ2v) is 6.82. The number of carbonyl (C=O) groups excluding carboxylic acids is 2. The normalized spacial score (nSPS) is 21.7. The third-order valence-corrected chi connectivity index (χ3v) is 4.95. The summed E-state index contributed by atoms with van der Waals surface area (Å²) < 4.78 is 11.6. The van der Waals surface area contributed by atoms with Crippen molar-refractivity contribution in [3.63, 3.8) is 0 Å². The van der Waals surface area contributed by atoms with E-state index in [4.69, 9.17) is 9.47 Å². The van der Waals surface area contributed by atoms with Gasteiger partial charge in [0.15, 0.2) is 6.29 Å². The predicted molar refractivity (Wildman–Crippen MR) is 97.3 cm³/mol. The van der Waals surface area contributed by atoms with Crippen molar-refractivity contribution in [2.45, 2.75) is 31.7 Å². The predicted octanol–water partition coefficient (Wildman–Crippen LogP) is 3.27. The number of hydrogen-bond acceptors (Lipinski definition) is 5. The van der Waals surface area contributed by atoms with Gasteiger partial charge in [-0.3, -0.25) is 14.5 Å². The number of aromatic hydroxyl groups is 1. The minimum Gasteiger partial charge on any atom is -0.508 e. The highest BCUT2D eigenvalue weighted by Crippen LogP contribution is 2.30. The summed E-state index contributed by atoms with van der Waals surface area (Å²) in [6.45, 7) is 0.930. The number of imide groups is 1. The number of phenolic OH excluding ortho intramolecular Hbond substituents is 1. The number of ether oxygens (including phenoxy) is 2. The van der Waals surface area contributed by atoms with Gasteiger partial charge in [-0.15, -0.1) is 0 Å². The third-order valence-electron chi connectivity index (χ3n) is 4.95. The number of unbranched alkanes of at least 4 members (excludes halogenated alkanes) is 1. The first kappa shape index (κ1) is 17.7. The monoisotopic (exact) mass is 367 g/mol. The zero-order valence-electron chi connectivity index (χ0n) is 14.8. The molecule has 6 heteroatoms. The first-order chi connectivity index (χ1) is 13.1. The highest BCUT2D eigenvalue weighted by Gasteiger charge is 2.34. The van der Waals surface area contributed by atoms with Crippen molar-refractivity contribution in [2.24, 2.45) is 0 Å². The fourth-order valence-corrected chi connectivity index (χ4v) is 3.49. The molecule has 2 atom stereocenters. The van der Waals surface area contributed by atoms with Crippen molar-refractivity contribution >= 4 is 11.8 Å². The fraction of sp³-hybridized carbons (Fsp3) is 0.333. The Kier molecular flexibility index (Phi) is 4.92. The standard InChI is InChI=1S/C21H21NO5/c23-15-10-8-14(9-11-15)21-26-13-16(27-21)5-3-4-12-22-19(24)17-6-1-2-7-18(17)20(22)25/h1-2,6-11,16,21,23H,3-5,12-13H2/t16-,21+/m1/s1. The van der Waals surface area contributed by atoms with E-state index in [0.717, 1.165) is 24.8 Å². The molecule has 1 fully saturated rings. The Morgan fingerprint density at radius 1 is 0.963 bits per heavy atom. The van der Waals surface area contributed by atoms with Crippen LogP contribution in [0.15, 0.2) is 48.5 Å². The van der Waals surface area contributed by atoms with E-state index in [1.165, 1.54) is 4.90 Å². The van der Waals surface area contributed by atoms with Gasteiger partial charge in [-0.05, 0) is 43.5 Å². The lowest BCUT2D eigenvalue weighted by Crippen LogP contribution is -2.30. The van der Waals surface area contributed by atoms with E-state index in [9.17, 15) is 14.7 Å². The zero-order chi connectivity index (χ0) is 18.8. The van der Waals surface area contributed by atoms with Gasteiger partial charge in [0.05, 0.1) is 23.8 Å². The van der Waals surface area contributed by atoms with E-state index >= 15 is 0 Å². The molecule has 2 aromatic rings. The van der Waals surface area contributed by atoms with Crippen LogP contribution in [-0.4, -0.2) is 41.1 Å². The fourth-order valence-electron chi connectivity index (χ4n) is 3.49. The summed E-state index contributed by atoms with van der Waals surface area (Å²) in [5, 5.41) is 9.35. The average molecular weight is 367 g/mol. The lowest BCUT2D eigenvalue weighted by atomic mass is 10.1. The molecule has 2 heterocycles. The van der Waals surface area contributed by atoms with Crippen LogP contribution < -0.4 is 0 Å². The number of hydrogen-bond donors (Lipinski definition) is 1. The molecule has 0 unspecified atom stereocenters. The number of rotatable bonds is 6. The minimum absolute atomic E-state index is 0.00835. The highest BCUT2D eigenvalue weighted by atomic mass is 16.7. The molecule has 0 radical (unpaired) electrons. The van der Waals surface area contributed by atoms with Gasteiger partial charge < -0.3 is 14.6 Å². The lowest BCUT2D eigenvalue weighted by molar-refractivity contribution is -0.0614. The van der Waals surface area contributed by atoms with Crippen molar-refractivity contribution < 1.29 is 24.2 Å². The Morgan fingerprint density at radius 2 is 1.63 bits per heavy atom. The van der Waals surface area contributed by atoms with Gasteiger partial charge in [-0.2, -0.15) is 0 Å². The Balaban J connectivity index is 1.23. The van der Waals surface area contributed by atoms with Crippen LogP contribution in [0.25, 0.3) is 0 Å². The third kappa shape index (κ3) is 3.59. The van der Waals surface area contributed by atoms with Crippen LogP contribution in [0.2, 0.25) is 0 Å². The van der Waals surface area contributed by atoms with E-state index < -0.39 is 6.29 Å². The topological polar surface area (TPSA) is 76.1 Å². The van der Waals surface area contributed by atoms with Crippen LogP contribution in [0, 0.1) is 0 Å². The van der Waals surface area contributed by atoms with Gasteiger partial charge in [0.2, 0.25) is 0 Å². The Bertz CT molecular complexity index is 813. The van der Waals surface area contributed by atoms with Crippen LogP contribution in [0.5, 0.6) is 5.75 Å². The summed E-state index contributed by atoms with van der Waals surface area (Å²) in [6, 6.07) is 13.7. The molecule has 0 aromatic heterocycles. The maximum Gasteiger partial charge on any atom is 0.261 e. The van der Waals surface area contributed by atoms with E-state index in [0.29, 0.717) is 24.3 Å². The maximum atomic E-state index is 12.3. The summed E-state index contributed by atoms with van der Waals surface area (Å²) in [5.41, 5.74) is 1.86. The Labute approximate surface area is 157 Å². The maximum absolute atomic E-state index is 12.3. The van der Waals surface area contributed by atoms with Crippen molar-refractivity contribution in [2.75, 3.05) is 13.2 Å². The molecule has 0 bridgehead atoms. The number of carbonyl (C=O) groups is 2. The first-order valence-corrected chi connectivity index (χ1v) is 9.14. The van der Waals surface area contributed by atoms with E-state index in [2.05, 4.69) is 0 Å². The molecule has 0 aliphatic carbocycles. The Hall–Kier alpha value is -2.70. The molecule has 4 rings (SSSR count). The number of nitrogens with zero attached hydrogens (tertiary/aromatic N) is 1. The summed E-state index contributed by atoms with van der Waals surface area (Å²) in [7, 11) is 0. The van der Waals surface area contributed by atoms with Crippen LogP contribution in [0.3, 0.4) is 0 Å². The molecule has 2 aromatic carbocycles. The summed E-state index contributed by atoms with van der Waals surface area (Å²) in [5.74, 6) is -0.201. The number of benzene rings is 2. The number of fused-ring (bicyclic) bond motifs is 1. The molecule has 2 aliphatic rings. The molecule has 27 heavy (non-hydrogen) atoms. The summed E-state index contributed by atoms with van der Waals surface area (Å²) in [6.07, 6.45) is 1.95. The van der Waals surface area contributed by atoms with Gasteiger partial charge in [-0.1, -0.05) is 24.3 Å². The molecular formula is C21H21NO5. The molecule has 1 N–H and O–H groups in total. The summed E-state index contributed by atoms with van der Waals surface area (Å²) >= 11 is 0. The molecular weight excluding hydrogens is 346 g/mol. The number of amides is 2. The second-order valence-electron chi connectivity index (χ2n) is 6.82. The van der Waals surface area contributed by atoms with E-state index in [-0.39, 0.29) is 23.7 Å². The van der Waals surface area contributed by atoms with Crippen molar-refractivity contribution in [3.05, 3.63) is 65.2 Å². The van der Waals surface area contributed by atoms with Gasteiger partial charge in [0, 0.05) is 12.1 Å². The van der Waals surface area contributed by atoms with E-state index in [1.54, 1.807) is 48.5 Å². The van der Waals surface area contributed by atoms with Crippen LogP contribution >= 0.6 is 0 Å². The first-order valence-electron chi connectivity index (χ1n) is 9.14. The summed E-state index contributed by atoms with van der Waals surface area (Å²) in [4.78, 5) is 26.0. The van der Waals surface area contributed by atoms with Gasteiger partial charge in [0.1, 0.15) is 5.75 Å². The van der Waals surface area contributed by atoms with Gasteiger partial charge >= 0.3 is 0 Å². The number of phenols is 1. The van der Waals surface area contributed by atoms with Crippen LogP contribution in [0.4, 0.5) is 0 Å². The molecule has 6 nitrogen and oxygen atoms in total. The average Bonchev–Trinajstić information content (AvgIpc) is 3.25. The smallest absolute Gasteiger partial charge is 0.261 e. The van der Waals surface area contributed by atoms with Crippen molar-refractivity contribution in [1.29, 1.82) is 0 Å². The molecule has 0 saturated carbocycles. The van der Waals surface area contributed by atoms with Gasteiger partial charge in [-0.25, -0.2) is 0 Å². The quantitative estimate of drug-likeness (QED) is 0.626. The zero-order valence-corrected chi connectivity index (χ0v) is 14.8. The van der Waals surface area contributed by atoms with Crippen LogP contribution in [-0.2, 0) is 9.47 Å². The Morgan fingerprint density at radius 3 is 2.30 bits per heavy atom. The largest absolute Gasteiger partial charge is 0.508 e.